The molecule has 1 aromatic carbocycles. The predicted octanol–water partition coefficient (Wildman–Crippen LogP) is 3.59. The van der Waals surface area contributed by atoms with Crippen LogP contribution in [0.2, 0.25) is 0 Å². The Balaban J connectivity index is 1.10. The minimum absolute atomic E-state index is 0.215. The van der Waals surface area contributed by atoms with Gasteiger partial charge in [0.15, 0.2) is 0 Å². The quantitative estimate of drug-likeness (QED) is 0.561. The van der Waals surface area contributed by atoms with Crippen LogP contribution in [-0.2, 0) is 10.5 Å². The molecule has 0 unspecified atom stereocenters. The van der Waals surface area contributed by atoms with Gasteiger partial charge in [0.2, 0.25) is 17.6 Å². The number of rotatable bonds is 7. The monoisotopic (exact) mass is 435 g/mol. The molecule has 0 N–H and O–H groups in total. The summed E-state index contributed by atoms with van der Waals surface area (Å²) in [5, 5.41) is 4.08. The molecule has 1 aliphatic heterocycles. The van der Waals surface area contributed by atoms with E-state index in [1.165, 1.54) is 5.56 Å². The summed E-state index contributed by atoms with van der Waals surface area (Å²) in [6.07, 6.45) is 4.08. The molecule has 0 spiro atoms. The maximum atomic E-state index is 12.5. The third-order valence-corrected chi connectivity index (χ3v) is 6.66. The van der Waals surface area contributed by atoms with Gasteiger partial charge in [0, 0.05) is 49.6 Å². The second-order valence-electron chi connectivity index (χ2n) is 7.98. The number of aromatic nitrogens is 3. The van der Waals surface area contributed by atoms with Crippen LogP contribution in [0, 0.1) is 0 Å². The Morgan fingerprint density at radius 3 is 2.58 bits per heavy atom. The Hall–Kier alpha value is -2.87. The topological polar surface area (TPSA) is 75.4 Å². The van der Waals surface area contributed by atoms with Gasteiger partial charge in [0.1, 0.15) is 5.82 Å². The van der Waals surface area contributed by atoms with E-state index in [9.17, 15) is 4.79 Å². The van der Waals surface area contributed by atoms with Gasteiger partial charge in [-0.25, -0.2) is 4.98 Å². The molecule has 2 aliphatic rings. The number of carbonyl (C=O) groups is 1. The third kappa shape index (κ3) is 4.90. The number of thioether (sulfide) groups is 1. The maximum Gasteiger partial charge on any atom is 0.232 e. The average Bonchev–Trinajstić information content (AvgIpc) is 3.56. The molecule has 31 heavy (non-hydrogen) atoms. The van der Waals surface area contributed by atoms with E-state index in [0.29, 0.717) is 17.5 Å². The van der Waals surface area contributed by atoms with E-state index in [4.69, 9.17) is 4.52 Å². The van der Waals surface area contributed by atoms with Crippen LogP contribution in [0.3, 0.4) is 0 Å². The lowest BCUT2D eigenvalue weighted by Gasteiger charge is -2.35. The number of pyridine rings is 1. The van der Waals surface area contributed by atoms with E-state index in [-0.39, 0.29) is 5.91 Å². The van der Waals surface area contributed by atoms with Crippen LogP contribution in [-0.4, -0.2) is 57.9 Å². The van der Waals surface area contributed by atoms with Crippen molar-refractivity contribution in [3.63, 3.8) is 0 Å². The molecule has 160 valence electrons. The SMILES string of the molecule is O=C(CSCc1ccccc1)N1CCN(c2ccc(-c3noc(C4CC4)n3)cn2)CC1. The number of amides is 1. The maximum absolute atomic E-state index is 12.5. The molecule has 0 bridgehead atoms. The van der Waals surface area contributed by atoms with Crippen molar-refractivity contribution in [3.8, 4) is 11.4 Å². The summed E-state index contributed by atoms with van der Waals surface area (Å²) in [5.41, 5.74) is 2.12. The first-order valence-corrected chi connectivity index (χ1v) is 11.9. The molecule has 1 saturated heterocycles. The summed E-state index contributed by atoms with van der Waals surface area (Å²) in [7, 11) is 0. The first-order chi connectivity index (χ1) is 15.3. The molecule has 7 nitrogen and oxygen atoms in total. The van der Waals surface area contributed by atoms with Crippen LogP contribution in [0.1, 0.15) is 30.2 Å². The van der Waals surface area contributed by atoms with Gasteiger partial charge in [-0.15, -0.1) is 11.8 Å². The van der Waals surface area contributed by atoms with Gasteiger partial charge in [-0.1, -0.05) is 35.5 Å². The number of benzene rings is 1. The Kier molecular flexibility index (Phi) is 5.88. The molecule has 1 aliphatic carbocycles. The lowest BCUT2D eigenvalue weighted by molar-refractivity contribution is -0.128. The van der Waals surface area contributed by atoms with Gasteiger partial charge >= 0.3 is 0 Å². The molecule has 2 fully saturated rings. The zero-order valence-electron chi connectivity index (χ0n) is 17.3. The first-order valence-electron chi connectivity index (χ1n) is 10.7. The van der Waals surface area contributed by atoms with E-state index in [0.717, 1.165) is 62.0 Å². The Labute approximate surface area is 185 Å². The van der Waals surface area contributed by atoms with Crippen molar-refractivity contribution in [2.24, 2.45) is 0 Å². The predicted molar refractivity (Wildman–Crippen MR) is 121 cm³/mol. The number of nitrogens with zero attached hydrogens (tertiary/aromatic N) is 5. The lowest BCUT2D eigenvalue weighted by Crippen LogP contribution is -2.49. The number of hydrogen-bond acceptors (Lipinski definition) is 7. The minimum Gasteiger partial charge on any atom is -0.353 e. The summed E-state index contributed by atoms with van der Waals surface area (Å²) < 4.78 is 5.34. The van der Waals surface area contributed by atoms with Crippen molar-refractivity contribution in [1.82, 2.24) is 20.0 Å². The fourth-order valence-electron chi connectivity index (χ4n) is 3.66. The third-order valence-electron chi connectivity index (χ3n) is 5.67. The highest BCUT2D eigenvalue weighted by atomic mass is 32.2. The summed E-state index contributed by atoms with van der Waals surface area (Å²) in [6, 6.07) is 14.3. The Bertz CT molecular complexity index is 1010. The second-order valence-corrected chi connectivity index (χ2v) is 8.97. The molecule has 8 heteroatoms. The summed E-state index contributed by atoms with van der Waals surface area (Å²) in [6.45, 7) is 3.03. The molecule has 1 saturated carbocycles. The van der Waals surface area contributed by atoms with E-state index in [2.05, 4.69) is 32.2 Å². The highest BCUT2D eigenvalue weighted by Gasteiger charge is 2.30. The van der Waals surface area contributed by atoms with Crippen molar-refractivity contribution >= 4 is 23.5 Å². The van der Waals surface area contributed by atoms with E-state index < -0.39 is 0 Å². The highest BCUT2D eigenvalue weighted by Crippen LogP contribution is 2.39. The Morgan fingerprint density at radius 2 is 1.87 bits per heavy atom. The Morgan fingerprint density at radius 1 is 1.06 bits per heavy atom. The zero-order chi connectivity index (χ0) is 21.0. The first kappa shape index (κ1) is 20.1. The average molecular weight is 436 g/mol. The van der Waals surface area contributed by atoms with Gasteiger partial charge < -0.3 is 14.3 Å². The van der Waals surface area contributed by atoms with Crippen LogP contribution in [0.4, 0.5) is 5.82 Å². The van der Waals surface area contributed by atoms with E-state index in [1.54, 1.807) is 18.0 Å². The van der Waals surface area contributed by atoms with Gasteiger partial charge in [0.05, 0.1) is 5.75 Å². The van der Waals surface area contributed by atoms with Crippen LogP contribution in [0.15, 0.2) is 53.2 Å². The molecule has 5 rings (SSSR count). The standard InChI is InChI=1S/C23H25N5O2S/c29-21(16-31-15-17-4-2-1-3-5-17)28-12-10-27(11-13-28)20-9-8-19(14-24-20)22-25-23(30-26-22)18-6-7-18/h1-5,8-9,14,18H,6-7,10-13,15-16H2. The van der Waals surface area contributed by atoms with Crippen LogP contribution in [0.5, 0.6) is 0 Å². The van der Waals surface area contributed by atoms with Gasteiger partial charge in [0.25, 0.3) is 0 Å². The fourth-order valence-corrected chi connectivity index (χ4v) is 4.55. The van der Waals surface area contributed by atoms with Crippen LogP contribution in [0.25, 0.3) is 11.4 Å². The number of piperazine rings is 1. The fraction of sp³-hybridized carbons (Fsp3) is 0.391. The van der Waals surface area contributed by atoms with Crippen molar-refractivity contribution in [3.05, 3.63) is 60.1 Å². The number of carbonyl (C=O) groups excluding carboxylic acids is 1. The van der Waals surface area contributed by atoms with Crippen molar-refractivity contribution < 1.29 is 9.32 Å². The molecule has 1 amide bonds. The minimum atomic E-state index is 0.215. The van der Waals surface area contributed by atoms with Crippen molar-refractivity contribution in [1.29, 1.82) is 0 Å². The molecule has 0 radical (unpaired) electrons. The molecular formula is C23H25N5O2S. The van der Waals surface area contributed by atoms with Gasteiger partial charge in [-0.3, -0.25) is 4.79 Å². The van der Waals surface area contributed by atoms with E-state index in [1.807, 2.05) is 35.2 Å². The summed E-state index contributed by atoms with van der Waals surface area (Å²) in [4.78, 5) is 25.8. The molecule has 3 aromatic rings. The van der Waals surface area contributed by atoms with Crippen LogP contribution < -0.4 is 4.90 Å². The molecule has 2 aromatic heterocycles. The largest absolute Gasteiger partial charge is 0.353 e. The highest BCUT2D eigenvalue weighted by molar-refractivity contribution is 7.99. The molecular weight excluding hydrogens is 410 g/mol. The van der Waals surface area contributed by atoms with Crippen LogP contribution >= 0.6 is 11.8 Å². The normalized spacial score (nSPS) is 16.5. The number of anilines is 1. The second kappa shape index (κ2) is 9.09. The van der Waals surface area contributed by atoms with Gasteiger partial charge in [-0.2, -0.15) is 4.98 Å². The smallest absolute Gasteiger partial charge is 0.232 e. The zero-order valence-corrected chi connectivity index (χ0v) is 18.1. The van der Waals surface area contributed by atoms with Gasteiger partial charge in [-0.05, 0) is 30.5 Å². The summed E-state index contributed by atoms with van der Waals surface area (Å²) in [5.74, 6) is 4.31. The molecule has 3 heterocycles. The van der Waals surface area contributed by atoms with E-state index >= 15 is 0 Å². The lowest BCUT2D eigenvalue weighted by atomic mass is 10.2. The molecule has 0 atom stereocenters. The summed E-state index contributed by atoms with van der Waals surface area (Å²) >= 11 is 1.68. The number of hydrogen-bond donors (Lipinski definition) is 0. The van der Waals surface area contributed by atoms with Crippen molar-refractivity contribution in [2.75, 3.05) is 36.8 Å². The van der Waals surface area contributed by atoms with Crippen molar-refractivity contribution in [2.45, 2.75) is 24.5 Å².